The number of imide groups is 1. The maximum Gasteiger partial charge on any atom is 0.305 e. The second-order valence-electron chi connectivity index (χ2n) is 5.92. The van der Waals surface area contributed by atoms with Gasteiger partial charge in [0.25, 0.3) is 0 Å². The summed E-state index contributed by atoms with van der Waals surface area (Å²) in [6.07, 6.45) is 3.05. The van der Waals surface area contributed by atoms with Crippen LogP contribution in [-0.4, -0.2) is 34.8 Å². The van der Waals surface area contributed by atoms with Gasteiger partial charge in [-0.25, -0.2) is 0 Å². The van der Waals surface area contributed by atoms with Crippen molar-refractivity contribution in [1.82, 2.24) is 4.90 Å². The Morgan fingerprint density at radius 2 is 1.84 bits per heavy atom. The minimum Gasteiger partial charge on any atom is -0.465 e. The van der Waals surface area contributed by atoms with Crippen LogP contribution in [0.25, 0.3) is 0 Å². The summed E-state index contributed by atoms with van der Waals surface area (Å²) in [5.74, 6) is -0.0856. The van der Waals surface area contributed by atoms with Gasteiger partial charge < -0.3 is 4.74 Å². The number of rotatable bonds is 5. The van der Waals surface area contributed by atoms with Gasteiger partial charge in [-0.3, -0.25) is 19.3 Å². The maximum atomic E-state index is 11.7. The van der Waals surface area contributed by atoms with Gasteiger partial charge in [-0.1, -0.05) is 13.8 Å². The fourth-order valence-electron chi connectivity index (χ4n) is 2.95. The van der Waals surface area contributed by atoms with Gasteiger partial charge in [-0.2, -0.15) is 0 Å². The van der Waals surface area contributed by atoms with Crippen molar-refractivity contribution >= 4 is 17.8 Å². The first-order valence-electron chi connectivity index (χ1n) is 6.96. The highest BCUT2D eigenvalue weighted by molar-refractivity contribution is 6.00. The Morgan fingerprint density at radius 1 is 1.26 bits per heavy atom. The van der Waals surface area contributed by atoms with Gasteiger partial charge in [0.05, 0.1) is 12.1 Å². The first kappa shape index (κ1) is 14.0. The summed E-state index contributed by atoms with van der Waals surface area (Å²) >= 11 is 0. The molecule has 0 aromatic carbocycles. The van der Waals surface area contributed by atoms with E-state index in [-0.39, 0.29) is 24.2 Å². The lowest BCUT2D eigenvalue weighted by Gasteiger charge is -2.30. The zero-order chi connectivity index (χ0) is 14.0. The van der Waals surface area contributed by atoms with Crippen LogP contribution in [0.5, 0.6) is 0 Å². The normalized spacial score (nSPS) is 21.1. The second-order valence-corrected chi connectivity index (χ2v) is 5.92. The number of hydrogen-bond acceptors (Lipinski definition) is 4. The molecule has 0 bridgehead atoms. The van der Waals surface area contributed by atoms with Crippen molar-refractivity contribution in [3.8, 4) is 0 Å². The van der Waals surface area contributed by atoms with Crippen LogP contribution in [0.4, 0.5) is 0 Å². The fraction of sp³-hybridized carbons (Fsp3) is 0.786. The number of ether oxygens (including phenoxy) is 1. The highest BCUT2D eigenvalue weighted by Gasteiger charge is 2.52. The Bertz CT molecular complexity index is 382. The molecule has 2 heterocycles. The van der Waals surface area contributed by atoms with E-state index in [1.54, 1.807) is 0 Å². The molecule has 5 heteroatoms. The van der Waals surface area contributed by atoms with E-state index < -0.39 is 5.54 Å². The lowest BCUT2D eigenvalue weighted by molar-refractivity contribution is -0.148. The molecule has 2 fully saturated rings. The summed E-state index contributed by atoms with van der Waals surface area (Å²) in [4.78, 5) is 36.5. The van der Waals surface area contributed by atoms with Gasteiger partial charge in [0.15, 0.2) is 0 Å². The summed E-state index contributed by atoms with van der Waals surface area (Å²) in [6, 6.07) is 0. The first-order chi connectivity index (χ1) is 8.94. The smallest absolute Gasteiger partial charge is 0.305 e. The molecule has 0 N–H and O–H groups in total. The van der Waals surface area contributed by atoms with Gasteiger partial charge in [-0.15, -0.1) is 0 Å². The monoisotopic (exact) mass is 267 g/mol. The molecule has 0 spiro atoms. The fourth-order valence-corrected chi connectivity index (χ4v) is 2.95. The molecule has 5 nitrogen and oxygen atoms in total. The average Bonchev–Trinajstić information content (AvgIpc) is 2.85. The van der Waals surface area contributed by atoms with Crippen LogP contribution in [0.2, 0.25) is 0 Å². The van der Waals surface area contributed by atoms with Crippen molar-refractivity contribution in [3.63, 3.8) is 0 Å². The van der Waals surface area contributed by atoms with Crippen molar-refractivity contribution < 1.29 is 19.1 Å². The van der Waals surface area contributed by atoms with Crippen molar-refractivity contribution in [1.29, 1.82) is 0 Å². The van der Waals surface area contributed by atoms with Gasteiger partial charge in [-0.05, 0) is 25.2 Å². The van der Waals surface area contributed by atoms with Crippen LogP contribution in [0, 0.1) is 5.92 Å². The van der Waals surface area contributed by atoms with Crippen molar-refractivity contribution in [2.75, 3.05) is 6.61 Å². The van der Waals surface area contributed by atoms with E-state index in [1.165, 1.54) is 4.90 Å². The maximum absolute atomic E-state index is 11.7. The van der Waals surface area contributed by atoms with Gasteiger partial charge >= 0.3 is 5.97 Å². The minimum absolute atomic E-state index is 0.0851. The number of carbonyl (C=O) groups excluding carboxylic acids is 3. The van der Waals surface area contributed by atoms with Crippen LogP contribution in [0.3, 0.4) is 0 Å². The van der Waals surface area contributed by atoms with E-state index in [9.17, 15) is 14.4 Å². The van der Waals surface area contributed by atoms with Gasteiger partial charge in [0, 0.05) is 19.3 Å². The van der Waals surface area contributed by atoms with Crippen LogP contribution in [0.15, 0.2) is 0 Å². The number of nitrogens with zero attached hydrogens (tertiary/aromatic N) is 1. The van der Waals surface area contributed by atoms with Gasteiger partial charge in [0.2, 0.25) is 11.8 Å². The molecule has 2 saturated heterocycles. The summed E-state index contributed by atoms with van der Waals surface area (Å²) in [7, 11) is 0. The Hall–Kier alpha value is -1.39. The first-order valence-corrected chi connectivity index (χ1v) is 6.96. The Balaban J connectivity index is 1.90. The van der Waals surface area contributed by atoms with Crippen LogP contribution >= 0.6 is 0 Å². The molecule has 0 saturated carbocycles. The average molecular weight is 267 g/mol. The van der Waals surface area contributed by atoms with Crippen molar-refractivity contribution in [3.05, 3.63) is 0 Å². The third kappa shape index (κ3) is 2.80. The number of carbonyl (C=O) groups is 3. The summed E-state index contributed by atoms with van der Waals surface area (Å²) in [5, 5.41) is 0. The molecule has 0 aliphatic carbocycles. The number of fused-ring (bicyclic) bond motifs is 1. The molecule has 2 rings (SSSR count). The Morgan fingerprint density at radius 3 is 2.37 bits per heavy atom. The lowest BCUT2D eigenvalue weighted by Crippen LogP contribution is -2.43. The molecule has 0 aromatic heterocycles. The highest BCUT2D eigenvalue weighted by atomic mass is 16.5. The molecule has 19 heavy (non-hydrogen) atoms. The van der Waals surface area contributed by atoms with E-state index in [2.05, 4.69) is 0 Å². The van der Waals surface area contributed by atoms with Crippen LogP contribution in [-0.2, 0) is 19.1 Å². The summed E-state index contributed by atoms with van der Waals surface area (Å²) < 4.78 is 5.13. The molecule has 106 valence electrons. The Kier molecular flexibility index (Phi) is 3.92. The van der Waals surface area contributed by atoms with Crippen LogP contribution in [0.1, 0.15) is 52.4 Å². The van der Waals surface area contributed by atoms with Gasteiger partial charge in [0.1, 0.15) is 0 Å². The molecular weight excluding hydrogens is 246 g/mol. The predicted octanol–water partition coefficient (Wildman–Crippen LogP) is 1.65. The van der Waals surface area contributed by atoms with E-state index >= 15 is 0 Å². The second kappa shape index (κ2) is 5.31. The van der Waals surface area contributed by atoms with Crippen molar-refractivity contribution in [2.24, 2.45) is 5.92 Å². The zero-order valence-electron chi connectivity index (χ0n) is 11.6. The van der Waals surface area contributed by atoms with E-state index in [1.807, 2.05) is 13.8 Å². The molecule has 0 atom stereocenters. The Labute approximate surface area is 113 Å². The number of amides is 2. The molecule has 0 aromatic rings. The largest absolute Gasteiger partial charge is 0.465 e. The highest BCUT2D eigenvalue weighted by Crippen LogP contribution is 2.43. The van der Waals surface area contributed by atoms with E-state index in [0.717, 1.165) is 0 Å². The van der Waals surface area contributed by atoms with E-state index in [0.29, 0.717) is 44.6 Å². The third-order valence-corrected chi connectivity index (χ3v) is 3.95. The molecule has 0 unspecified atom stereocenters. The molecular formula is C14H21NO4. The van der Waals surface area contributed by atoms with Crippen molar-refractivity contribution in [2.45, 2.75) is 57.9 Å². The minimum atomic E-state index is -0.398. The zero-order valence-corrected chi connectivity index (χ0v) is 11.6. The topological polar surface area (TPSA) is 63.7 Å². The quantitative estimate of drug-likeness (QED) is 0.561. The molecule has 0 radical (unpaired) electrons. The summed E-state index contributed by atoms with van der Waals surface area (Å²) in [6.45, 7) is 4.39. The number of esters is 1. The standard InChI is InChI=1S/C14H21NO4/c1-10(2)9-19-13(18)5-8-14-6-3-11(16)15(14)12(17)4-7-14/h10H,3-9H2,1-2H3. The lowest BCUT2D eigenvalue weighted by atomic mass is 9.89. The molecule has 2 aliphatic rings. The van der Waals surface area contributed by atoms with Crippen LogP contribution < -0.4 is 0 Å². The SMILES string of the molecule is CC(C)COC(=O)CCC12CCC(=O)N1C(=O)CC2. The molecule has 2 aliphatic heterocycles. The summed E-state index contributed by atoms with van der Waals surface area (Å²) in [5.41, 5.74) is -0.398. The number of hydrogen-bond donors (Lipinski definition) is 0. The molecule has 2 amide bonds. The van der Waals surface area contributed by atoms with E-state index in [4.69, 9.17) is 4.74 Å². The third-order valence-electron chi connectivity index (χ3n) is 3.95. The predicted molar refractivity (Wildman–Crippen MR) is 68.1 cm³/mol.